The average molecular weight is 342 g/mol. The number of benzene rings is 1. The quantitative estimate of drug-likeness (QED) is 0.869. The van der Waals surface area contributed by atoms with E-state index in [1.807, 2.05) is 31.2 Å². The third-order valence-corrected chi connectivity index (χ3v) is 5.30. The van der Waals surface area contributed by atoms with E-state index >= 15 is 0 Å². The predicted octanol–water partition coefficient (Wildman–Crippen LogP) is 3.18. The number of piperidine rings is 1. The monoisotopic (exact) mass is 342 g/mol. The fourth-order valence-corrected chi connectivity index (χ4v) is 3.96. The van der Waals surface area contributed by atoms with Crippen LogP contribution in [0.15, 0.2) is 34.9 Å². The molecule has 6 heteroatoms. The van der Waals surface area contributed by atoms with Crippen LogP contribution in [0.2, 0.25) is 0 Å². The number of carbonyl (C=O) groups is 1. The number of likely N-dealkylation sites (tertiary alicyclic amines) is 1. The first kappa shape index (κ1) is 16.1. The highest BCUT2D eigenvalue weighted by molar-refractivity contribution is 5.83. The summed E-state index contributed by atoms with van der Waals surface area (Å²) in [6.45, 7) is 3.89. The van der Waals surface area contributed by atoms with Crippen LogP contribution in [0.4, 0.5) is 0 Å². The second-order valence-electron chi connectivity index (χ2n) is 6.80. The van der Waals surface area contributed by atoms with Gasteiger partial charge in [-0.15, -0.1) is 0 Å². The molecule has 0 unspecified atom stereocenters. The number of hydrogen-bond acceptors (Lipinski definition) is 5. The summed E-state index contributed by atoms with van der Waals surface area (Å²) >= 11 is 0. The minimum Gasteiger partial charge on any atom is -0.494 e. The number of hydrogen-bond donors (Lipinski definition) is 1. The number of aromatic nitrogens is 1. The van der Waals surface area contributed by atoms with Crippen molar-refractivity contribution < 1.29 is 19.1 Å². The van der Waals surface area contributed by atoms with Gasteiger partial charge in [0.05, 0.1) is 12.3 Å². The number of carboxylic acid groups (broad SMARTS) is 1. The first-order chi connectivity index (χ1) is 12.1. The van der Waals surface area contributed by atoms with Crippen LogP contribution in [0.3, 0.4) is 0 Å². The molecule has 1 saturated carbocycles. The van der Waals surface area contributed by atoms with Crippen LogP contribution in [0.25, 0.3) is 11.5 Å². The van der Waals surface area contributed by atoms with Gasteiger partial charge in [-0.3, -0.25) is 9.69 Å². The van der Waals surface area contributed by atoms with Gasteiger partial charge < -0.3 is 14.3 Å². The Labute approximate surface area is 146 Å². The van der Waals surface area contributed by atoms with E-state index in [0.717, 1.165) is 42.8 Å². The van der Waals surface area contributed by atoms with Crippen LogP contribution < -0.4 is 4.74 Å². The molecular formula is C19H22N2O4. The van der Waals surface area contributed by atoms with Gasteiger partial charge in [0.15, 0.2) is 0 Å². The van der Waals surface area contributed by atoms with Gasteiger partial charge in [-0.1, -0.05) is 0 Å². The molecule has 1 aliphatic carbocycles. The molecule has 2 fully saturated rings. The first-order valence-corrected chi connectivity index (χ1v) is 8.79. The lowest BCUT2D eigenvalue weighted by molar-refractivity contribution is -0.147. The Bertz CT molecular complexity index is 770. The summed E-state index contributed by atoms with van der Waals surface area (Å²) in [4.78, 5) is 18.3. The van der Waals surface area contributed by atoms with Gasteiger partial charge in [0, 0.05) is 12.1 Å². The fourth-order valence-electron chi connectivity index (χ4n) is 3.96. The third-order valence-electron chi connectivity index (χ3n) is 5.30. The van der Waals surface area contributed by atoms with Crippen LogP contribution in [-0.4, -0.2) is 39.7 Å². The molecule has 2 heterocycles. The molecule has 0 bridgehead atoms. The van der Waals surface area contributed by atoms with Crippen molar-refractivity contribution in [3.05, 3.63) is 36.2 Å². The Morgan fingerprint density at radius 1 is 1.44 bits per heavy atom. The molecule has 2 aromatic rings. The topological polar surface area (TPSA) is 75.8 Å². The first-order valence-electron chi connectivity index (χ1n) is 8.79. The Kier molecular flexibility index (Phi) is 4.00. The number of ether oxygens (including phenoxy) is 1. The summed E-state index contributed by atoms with van der Waals surface area (Å²) in [5, 5.41) is 9.64. The largest absolute Gasteiger partial charge is 0.494 e. The zero-order chi connectivity index (χ0) is 17.4. The Morgan fingerprint density at radius 2 is 2.24 bits per heavy atom. The number of fused-ring (bicyclic) bond motifs is 1. The van der Waals surface area contributed by atoms with Gasteiger partial charge in [-0.05, 0) is 62.9 Å². The maximum Gasteiger partial charge on any atom is 0.324 e. The maximum absolute atomic E-state index is 11.7. The van der Waals surface area contributed by atoms with Gasteiger partial charge in [0.25, 0.3) is 0 Å². The summed E-state index contributed by atoms with van der Waals surface area (Å²) < 4.78 is 11.0. The summed E-state index contributed by atoms with van der Waals surface area (Å²) in [6, 6.07) is 7.61. The molecule has 2 aliphatic rings. The molecule has 0 radical (unpaired) electrons. The molecule has 1 aromatic carbocycles. The van der Waals surface area contributed by atoms with Crippen molar-refractivity contribution in [1.29, 1.82) is 0 Å². The van der Waals surface area contributed by atoms with Crippen molar-refractivity contribution in [3.63, 3.8) is 0 Å². The fraction of sp³-hybridized carbons (Fsp3) is 0.474. The van der Waals surface area contributed by atoms with Crippen LogP contribution in [0, 0.1) is 5.92 Å². The van der Waals surface area contributed by atoms with Crippen molar-refractivity contribution in [3.8, 4) is 17.2 Å². The van der Waals surface area contributed by atoms with Crippen LogP contribution in [-0.2, 0) is 11.3 Å². The van der Waals surface area contributed by atoms with Gasteiger partial charge >= 0.3 is 5.97 Å². The zero-order valence-electron chi connectivity index (χ0n) is 14.3. The van der Waals surface area contributed by atoms with Crippen molar-refractivity contribution in [2.24, 2.45) is 5.92 Å². The SMILES string of the molecule is CCOc1ccc(-c2nc(CN3CCC[C@@H]4C[C@@]43C(=O)O)co2)cc1. The Balaban J connectivity index is 1.49. The highest BCUT2D eigenvalue weighted by Crippen LogP contribution is 2.54. The van der Waals surface area contributed by atoms with Crippen LogP contribution >= 0.6 is 0 Å². The lowest BCUT2D eigenvalue weighted by Gasteiger charge is -2.32. The standard InChI is InChI=1S/C19H22N2O4/c1-2-24-16-7-5-13(6-8-16)17-20-15(12-25-17)11-21-9-3-4-14-10-19(14,21)18(22)23/h5-8,12,14H,2-4,9-11H2,1H3,(H,22,23)/t14-,19+/m1/s1. The highest BCUT2D eigenvalue weighted by Gasteiger charge is 2.65. The molecule has 0 spiro atoms. The van der Waals surface area contributed by atoms with E-state index in [9.17, 15) is 9.90 Å². The predicted molar refractivity (Wildman–Crippen MR) is 91.2 cm³/mol. The van der Waals surface area contributed by atoms with Crippen LogP contribution in [0.5, 0.6) is 5.75 Å². The molecule has 1 aliphatic heterocycles. The van der Waals surface area contributed by atoms with Crippen molar-refractivity contribution >= 4 is 5.97 Å². The van der Waals surface area contributed by atoms with E-state index < -0.39 is 11.5 Å². The highest BCUT2D eigenvalue weighted by atomic mass is 16.5. The molecule has 25 heavy (non-hydrogen) atoms. The van der Waals surface area contributed by atoms with E-state index in [2.05, 4.69) is 9.88 Å². The van der Waals surface area contributed by atoms with E-state index in [0.29, 0.717) is 19.0 Å². The molecule has 1 aromatic heterocycles. The molecule has 2 atom stereocenters. The van der Waals surface area contributed by atoms with Crippen molar-refractivity contribution in [1.82, 2.24) is 9.88 Å². The maximum atomic E-state index is 11.7. The second-order valence-corrected chi connectivity index (χ2v) is 6.80. The van der Waals surface area contributed by atoms with E-state index in [4.69, 9.17) is 9.15 Å². The van der Waals surface area contributed by atoms with Crippen LogP contribution in [0.1, 0.15) is 31.9 Å². The van der Waals surface area contributed by atoms with Crippen molar-refractivity contribution in [2.75, 3.05) is 13.2 Å². The van der Waals surface area contributed by atoms with Gasteiger partial charge in [0.2, 0.25) is 5.89 Å². The number of nitrogens with zero attached hydrogens (tertiary/aromatic N) is 2. The zero-order valence-corrected chi connectivity index (χ0v) is 14.3. The normalized spacial score (nSPS) is 25.4. The summed E-state index contributed by atoms with van der Waals surface area (Å²) in [5.74, 6) is 0.949. The smallest absolute Gasteiger partial charge is 0.324 e. The molecule has 1 N–H and O–H groups in total. The molecule has 0 amide bonds. The second kappa shape index (κ2) is 6.19. The summed E-state index contributed by atoms with van der Waals surface area (Å²) in [5.41, 5.74) is 0.985. The van der Waals surface area contributed by atoms with Gasteiger partial charge in [-0.25, -0.2) is 4.98 Å². The third kappa shape index (κ3) is 2.80. The van der Waals surface area contributed by atoms with E-state index in [1.54, 1.807) is 6.26 Å². The summed E-state index contributed by atoms with van der Waals surface area (Å²) in [7, 11) is 0. The number of oxazole rings is 1. The lowest BCUT2D eigenvalue weighted by atomic mass is 10.0. The molecule has 132 valence electrons. The Hall–Kier alpha value is -2.34. The van der Waals surface area contributed by atoms with Gasteiger partial charge in [0.1, 0.15) is 17.6 Å². The molecule has 6 nitrogen and oxygen atoms in total. The van der Waals surface area contributed by atoms with E-state index in [1.165, 1.54) is 0 Å². The minimum atomic E-state index is -0.701. The number of carboxylic acids is 1. The number of aliphatic carboxylic acids is 1. The molecular weight excluding hydrogens is 320 g/mol. The lowest BCUT2D eigenvalue weighted by Crippen LogP contribution is -2.47. The molecule has 1 saturated heterocycles. The average Bonchev–Trinajstić information content (AvgIpc) is 3.21. The van der Waals surface area contributed by atoms with Crippen molar-refractivity contribution in [2.45, 2.75) is 38.3 Å². The number of rotatable bonds is 6. The van der Waals surface area contributed by atoms with Gasteiger partial charge in [-0.2, -0.15) is 0 Å². The summed E-state index contributed by atoms with van der Waals surface area (Å²) in [6.07, 6.45) is 4.45. The van der Waals surface area contributed by atoms with E-state index in [-0.39, 0.29) is 5.92 Å². The minimum absolute atomic E-state index is 0.288. The molecule has 4 rings (SSSR count). The Morgan fingerprint density at radius 3 is 2.96 bits per heavy atom.